The van der Waals surface area contributed by atoms with E-state index in [-0.39, 0.29) is 6.04 Å². The molecule has 2 atom stereocenters. The Kier molecular flexibility index (Phi) is 6.49. The van der Waals surface area contributed by atoms with Crippen molar-refractivity contribution < 1.29 is 0 Å². The van der Waals surface area contributed by atoms with E-state index in [4.69, 9.17) is 5.73 Å². The van der Waals surface area contributed by atoms with Crippen LogP contribution in [0.4, 0.5) is 0 Å². The molecular formula is C16H29N3. The molecule has 108 valence electrons. The van der Waals surface area contributed by atoms with Crippen LogP contribution in [0.15, 0.2) is 24.3 Å². The maximum Gasteiger partial charge on any atom is 0.0493 e. The molecule has 2 N–H and O–H groups in total. The van der Waals surface area contributed by atoms with Gasteiger partial charge >= 0.3 is 0 Å². The molecule has 0 aliphatic heterocycles. The van der Waals surface area contributed by atoms with Crippen LogP contribution in [0, 0.1) is 6.92 Å². The fourth-order valence-corrected chi connectivity index (χ4v) is 2.50. The van der Waals surface area contributed by atoms with Gasteiger partial charge in [0.05, 0.1) is 0 Å². The first-order chi connectivity index (χ1) is 8.91. The second-order valence-electron chi connectivity index (χ2n) is 5.85. The minimum absolute atomic E-state index is 0.132. The molecule has 3 heteroatoms. The van der Waals surface area contributed by atoms with Gasteiger partial charge in [0.1, 0.15) is 0 Å². The molecule has 2 unspecified atom stereocenters. The highest BCUT2D eigenvalue weighted by molar-refractivity contribution is 5.25. The summed E-state index contributed by atoms with van der Waals surface area (Å²) in [5.41, 5.74) is 8.79. The Bertz CT molecular complexity index is 357. The van der Waals surface area contributed by atoms with Gasteiger partial charge in [-0.2, -0.15) is 0 Å². The molecular weight excluding hydrogens is 234 g/mol. The minimum Gasteiger partial charge on any atom is -0.326 e. The number of rotatable bonds is 7. The van der Waals surface area contributed by atoms with Gasteiger partial charge in [-0.25, -0.2) is 0 Å². The van der Waals surface area contributed by atoms with Crippen molar-refractivity contribution in [3.63, 3.8) is 0 Å². The quantitative estimate of drug-likeness (QED) is 0.819. The molecule has 0 spiro atoms. The average molecular weight is 263 g/mol. The van der Waals surface area contributed by atoms with E-state index in [2.05, 4.69) is 69.1 Å². The summed E-state index contributed by atoms with van der Waals surface area (Å²) in [6.07, 6.45) is 1.17. The first-order valence-electron chi connectivity index (χ1n) is 7.09. The zero-order chi connectivity index (χ0) is 14.4. The lowest BCUT2D eigenvalue weighted by molar-refractivity contribution is 0.208. The van der Waals surface area contributed by atoms with Gasteiger partial charge < -0.3 is 10.6 Å². The second-order valence-corrected chi connectivity index (χ2v) is 5.85. The van der Waals surface area contributed by atoms with E-state index in [1.54, 1.807) is 0 Å². The fraction of sp³-hybridized carbons (Fsp3) is 0.625. The molecule has 0 bridgehead atoms. The lowest BCUT2D eigenvalue weighted by Crippen LogP contribution is -2.38. The number of benzene rings is 1. The predicted octanol–water partition coefficient (Wildman–Crippen LogP) is 2.27. The summed E-state index contributed by atoms with van der Waals surface area (Å²) >= 11 is 0. The summed E-state index contributed by atoms with van der Waals surface area (Å²) in [5.74, 6) is 0. The zero-order valence-corrected chi connectivity index (χ0v) is 13.1. The van der Waals surface area contributed by atoms with Crippen LogP contribution in [0.2, 0.25) is 0 Å². The monoisotopic (exact) mass is 263 g/mol. The first-order valence-corrected chi connectivity index (χ1v) is 7.09. The predicted molar refractivity (Wildman–Crippen MR) is 83.4 cm³/mol. The second kappa shape index (κ2) is 7.63. The van der Waals surface area contributed by atoms with Crippen molar-refractivity contribution in [2.24, 2.45) is 5.73 Å². The van der Waals surface area contributed by atoms with Crippen LogP contribution < -0.4 is 5.73 Å². The van der Waals surface area contributed by atoms with Crippen LogP contribution in [0.5, 0.6) is 0 Å². The standard InChI is InChI=1S/C16H29N3/c1-13-7-9-15(10-8-13)16(14(2)17)19(5)12-6-11-18(3)4/h7-10,14,16H,6,11-12,17H2,1-5H3. The molecule has 0 saturated heterocycles. The van der Waals surface area contributed by atoms with Crippen LogP contribution >= 0.6 is 0 Å². The van der Waals surface area contributed by atoms with Crippen molar-refractivity contribution in [2.45, 2.75) is 32.4 Å². The Hall–Kier alpha value is -0.900. The summed E-state index contributed by atoms with van der Waals surface area (Å²) < 4.78 is 0. The highest BCUT2D eigenvalue weighted by Crippen LogP contribution is 2.22. The summed E-state index contributed by atoms with van der Waals surface area (Å²) in [7, 11) is 6.40. The summed E-state index contributed by atoms with van der Waals surface area (Å²) in [4.78, 5) is 4.60. The Balaban J connectivity index is 2.68. The molecule has 0 fully saturated rings. The maximum absolute atomic E-state index is 6.19. The zero-order valence-electron chi connectivity index (χ0n) is 13.1. The van der Waals surface area contributed by atoms with E-state index in [9.17, 15) is 0 Å². The Morgan fingerprint density at radius 2 is 1.63 bits per heavy atom. The van der Waals surface area contributed by atoms with Gasteiger partial charge in [-0.05, 0) is 60.1 Å². The lowest BCUT2D eigenvalue weighted by Gasteiger charge is -2.32. The van der Waals surface area contributed by atoms with Gasteiger partial charge in [0.15, 0.2) is 0 Å². The van der Waals surface area contributed by atoms with Gasteiger partial charge in [0.25, 0.3) is 0 Å². The highest BCUT2D eigenvalue weighted by atomic mass is 15.1. The van der Waals surface area contributed by atoms with Crippen molar-refractivity contribution in [2.75, 3.05) is 34.2 Å². The van der Waals surface area contributed by atoms with Crippen molar-refractivity contribution >= 4 is 0 Å². The van der Waals surface area contributed by atoms with Gasteiger partial charge in [0.2, 0.25) is 0 Å². The molecule has 0 radical (unpaired) electrons. The van der Waals surface area contributed by atoms with E-state index in [1.165, 1.54) is 17.5 Å². The van der Waals surface area contributed by atoms with Gasteiger partial charge in [0, 0.05) is 12.1 Å². The van der Waals surface area contributed by atoms with Crippen LogP contribution in [-0.2, 0) is 0 Å². The molecule has 0 heterocycles. The Labute approximate surface area is 118 Å². The topological polar surface area (TPSA) is 32.5 Å². The molecule has 0 saturated carbocycles. The number of hydrogen-bond donors (Lipinski definition) is 1. The largest absolute Gasteiger partial charge is 0.326 e. The van der Waals surface area contributed by atoms with E-state index < -0.39 is 0 Å². The highest BCUT2D eigenvalue weighted by Gasteiger charge is 2.20. The lowest BCUT2D eigenvalue weighted by atomic mass is 9.98. The van der Waals surface area contributed by atoms with Gasteiger partial charge in [-0.15, -0.1) is 0 Å². The third-order valence-corrected chi connectivity index (χ3v) is 3.51. The Morgan fingerprint density at radius 1 is 1.05 bits per heavy atom. The van der Waals surface area contributed by atoms with E-state index in [1.807, 2.05) is 0 Å². The third-order valence-electron chi connectivity index (χ3n) is 3.51. The van der Waals surface area contributed by atoms with Crippen molar-refractivity contribution in [3.8, 4) is 0 Å². The third kappa shape index (κ3) is 5.31. The molecule has 1 rings (SSSR count). The smallest absolute Gasteiger partial charge is 0.0493 e. The molecule has 0 amide bonds. The van der Waals surface area contributed by atoms with E-state index in [0.29, 0.717) is 6.04 Å². The molecule has 1 aromatic carbocycles. The summed E-state index contributed by atoms with van der Waals surface area (Å²) in [6, 6.07) is 9.16. The average Bonchev–Trinajstić information content (AvgIpc) is 2.31. The van der Waals surface area contributed by atoms with Crippen molar-refractivity contribution in [1.82, 2.24) is 9.80 Å². The SMILES string of the molecule is Cc1ccc(C(C(C)N)N(C)CCCN(C)C)cc1. The number of aryl methyl sites for hydroxylation is 1. The van der Waals surface area contributed by atoms with Crippen LogP contribution in [-0.4, -0.2) is 50.1 Å². The molecule has 0 aliphatic rings. The minimum atomic E-state index is 0.132. The fourth-order valence-electron chi connectivity index (χ4n) is 2.50. The maximum atomic E-state index is 6.19. The summed E-state index contributed by atoms with van der Waals surface area (Å²) in [6.45, 7) is 6.39. The van der Waals surface area contributed by atoms with Crippen LogP contribution in [0.3, 0.4) is 0 Å². The molecule has 19 heavy (non-hydrogen) atoms. The molecule has 3 nitrogen and oxygen atoms in total. The number of hydrogen-bond acceptors (Lipinski definition) is 3. The van der Waals surface area contributed by atoms with Crippen molar-refractivity contribution in [1.29, 1.82) is 0 Å². The number of nitrogens with zero attached hydrogens (tertiary/aromatic N) is 2. The number of nitrogens with two attached hydrogens (primary N) is 1. The molecule has 0 aromatic heterocycles. The Morgan fingerprint density at radius 3 is 2.11 bits per heavy atom. The van der Waals surface area contributed by atoms with Gasteiger partial charge in [-0.1, -0.05) is 29.8 Å². The van der Waals surface area contributed by atoms with Crippen LogP contribution in [0.25, 0.3) is 0 Å². The number of likely N-dealkylation sites (N-methyl/N-ethyl adjacent to an activating group) is 1. The van der Waals surface area contributed by atoms with Gasteiger partial charge in [-0.3, -0.25) is 4.90 Å². The van der Waals surface area contributed by atoms with Crippen molar-refractivity contribution in [3.05, 3.63) is 35.4 Å². The molecule has 1 aromatic rings. The van der Waals surface area contributed by atoms with E-state index >= 15 is 0 Å². The first kappa shape index (κ1) is 16.2. The summed E-state index contributed by atoms with van der Waals surface area (Å²) in [5, 5.41) is 0. The van der Waals surface area contributed by atoms with E-state index in [0.717, 1.165) is 13.1 Å². The normalized spacial score (nSPS) is 14.9. The van der Waals surface area contributed by atoms with Crippen LogP contribution in [0.1, 0.15) is 30.5 Å². The molecule has 0 aliphatic carbocycles.